The Morgan fingerprint density at radius 3 is 2.56 bits per heavy atom. The lowest BCUT2D eigenvalue weighted by Gasteiger charge is -2.09. The van der Waals surface area contributed by atoms with Crippen molar-refractivity contribution in [3.8, 4) is 11.8 Å². The van der Waals surface area contributed by atoms with Crippen molar-refractivity contribution in [1.29, 1.82) is 0 Å². The van der Waals surface area contributed by atoms with Crippen molar-refractivity contribution in [2.75, 3.05) is 26.5 Å². The zero-order chi connectivity index (χ0) is 13.4. The number of rotatable bonds is 4. The van der Waals surface area contributed by atoms with Gasteiger partial charge in [0.15, 0.2) is 0 Å². The van der Waals surface area contributed by atoms with Gasteiger partial charge in [-0.25, -0.2) is 0 Å². The summed E-state index contributed by atoms with van der Waals surface area (Å²) >= 11 is 1.60. The average molecular weight is 263 g/mol. The maximum absolute atomic E-state index is 11.4. The van der Waals surface area contributed by atoms with Gasteiger partial charge in [0.25, 0.3) is 0 Å². The number of carbonyl (C=O) groups is 1. The van der Waals surface area contributed by atoms with Crippen LogP contribution in [0.1, 0.15) is 11.1 Å². The van der Waals surface area contributed by atoms with Crippen molar-refractivity contribution in [2.45, 2.75) is 5.75 Å². The topological polar surface area (TPSA) is 40.5 Å². The lowest BCUT2D eigenvalue weighted by molar-refractivity contribution is -0.125. The summed E-state index contributed by atoms with van der Waals surface area (Å²) in [7, 11) is 3.52. The van der Waals surface area contributed by atoms with E-state index in [0.29, 0.717) is 5.75 Å². The summed E-state index contributed by atoms with van der Waals surface area (Å²) < 4.78 is 0. The number of hydrogen-bond donors (Lipinski definition) is 1. The number of hydrogen-bond acceptors (Lipinski definition) is 3. The van der Waals surface area contributed by atoms with Crippen LogP contribution in [0.5, 0.6) is 0 Å². The Morgan fingerprint density at radius 2 is 2.00 bits per heavy atom. The van der Waals surface area contributed by atoms with Crippen LogP contribution in [-0.2, 0) is 10.5 Å². The first-order valence-electron chi connectivity index (χ1n) is 5.60. The van der Waals surface area contributed by atoms with E-state index in [0.717, 1.165) is 11.3 Å². The van der Waals surface area contributed by atoms with Crippen LogP contribution < -0.4 is 0 Å². The van der Waals surface area contributed by atoms with Crippen molar-refractivity contribution in [2.24, 2.45) is 0 Å². The van der Waals surface area contributed by atoms with E-state index >= 15 is 0 Å². The maximum Gasteiger partial charge on any atom is 0.232 e. The molecule has 1 aromatic carbocycles. The van der Waals surface area contributed by atoms with Crippen molar-refractivity contribution >= 4 is 17.7 Å². The van der Waals surface area contributed by atoms with E-state index in [1.165, 1.54) is 5.56 Å². The second kappa shape index (κ2) is 7.80. The summed E-state index contributed by atoms with van der Waals surface area (Å²) in [6.07, 6.45) is 0. The Bertz CT molecular complexity index is 443. The Morgan fingerprint density at radius 1 is 1.33 bits per heavy atom. The van der Waals surface area contributed by atoms with Crippen LogP contribution >= 0.6 is 11.8 Å². The van der Waals surface area contributed by atoms with Crippen molar-refractivity contribution in [1.82, 2.24) is 4.90 Å². The van der Waals surface area contributed by atoms with Crippen LogP contribution in [0.4, 0.5) is 0 Å². The van der Waals surface area contributed by atoms with Gasteiger partial charge in [-0.1, -0.05) is 24.0 Å². The molecule has 1 amide bonds. The van der Waals surface area contributed by atoms with Gasteiger partial charge < -0.3 is 10.0 Å². The molecule has 0 bridgehead atoms. The number of nitrogens with zero attached hydrogens (tertiary/aromatic N) is 1. The monoisotopic (exact) mass is 263 g/mol. The predicted molar refractivity (Wildman–Crippen MR) is 75.3 cm³/mol. The Labute approximate surface area is 112 Å². The molecule has 0 aliphatic heterocycles. The molecule has 1 N–H and O–H groups in total. The molecule has 0 radical (unpaired) electrons. The number of benzene rings is 1. The largest absolute Gasteiger partial charge is 0.384 e. The number of amides is 1. The molecule has 1 rings (SSSR count). The fraction of sp³-hybridized carbons (Fsp3) is 0.357. The van der Waals surface area contributed by atoms with E-state index in [1.54, 1.807) is 30.8 Å². The molecule has 0 spiro atoms. The molecule has 96 valence electrons. The minimum atomic E-state index is -0.121. The van der Waals surface area contributed by atoms with E-state index in [2.05, 4.69) is 11.8 Å². The number of thioether (sulfide) groups is 1. The number of aliphatic hydroxyl groups excluding tert-OH is 1. The number of carbonyl (C=O) groups excluding carboxylic acids is 1. The molecule has 0 saturated carbocycles. The molecule has 0 aliphatic carbocycles. The van der Waals surface area contributed by atoms with E-state index in [9.17, 15) is 4.79 Å². The second-order valence-corrected chi connectivity index (χ2v) is 4.92. The minimum absolute atomic E-state index is 0.121. The van der Waals surface area contributed by atoms with E-state index < -0.39 is 0 Å². The molecular formula is C14H17NO2S. The Kier molecular flexibility index (Phi) is 6.34. The van der Waals surface area contributed by atoms with Gasteiger partial charge in [0.2, 0.25) is 5.91 Å². The SMILES string of the molecule is CN(C)C(=O)CSCc1ccc(C#CCO)cc1. The summed E-state index contributed by atoms with van der Waals surface area (Å²) in [5.74, 6) is 6.89. The first kappa shape index (κ1) is 14.6. The third-order valence-electron chi connectivity index (χ3n) is 2.26. The van der Waals surface area contributed by atoms with Crippen LogP contribution in [0.3, 0.4) is 0 Å². The standard InChI is InChI=1S/C14H17NO2S/c1-15(2)14(17)11-18-10-13-7-5-12(6-8-13)4-3-9-16/h5-8,16H,9-11H2,1-2H3. The van der Waals surface area contributed by atoms with E-state index in [-0.39, 0.29) is 12.5 Å². The highest BCUT2D eigenvalue weighted by Crippen LogP contribution is 2.13. The Balaban J connectivity index is 2.42. The summed E-state index contributed by atoms with van der Waals surface area (Å²) in [6, 6.07) is 7.84. The molecule has 0 saturated heterocycles. The van der Waals surface area contributed by atoms with Gasteiger partial charge in [0.1, 0.15) is 6.61 Å². The van der Waals surface area contributed by atoms with Gasteiger partial charge >= 0.3 is 0 Å². The molecule has 0 heterocycles. The fourth-order valence-corrected chi connectivity index (χ4v) is 2.17. The summed E-state index contributed by atoms with van der Waals surface area (Å²) in [5.41, 5.74) is 2.06. The lowest BCUT2D eigenvalue weighted by atomic mass is 10.1. The average Bonchev–Trinajstić information content (AvgIpc) is 2.37. The summed E-state index contributed by atoms with van der Waals surface area (Å²) in [4.78, 5) is 13.0. The van der Waals surface area contributed by atoms with Crippen LogP contribution in [0.2, 0.25) is 0 Å². The third kappa shape index (κ3) is 5.26. The van der Waals surface area contributed by atoms with E-state index in [1.807, 2.05) is 24.3 Å². The van der Waals surface area contributed by atoms with Gasteiger partial charge in [0.05, 0.1) is 5.75 Å². The van der Waals surface area contributed by atoms with Crippen molar-refractivity contribution in [3.63, 3.8) is 0 Å². The van der Waals surface area contributed by atoms with Gasteiger partial charge in [-0.05, 0) is 17.7 Å². The fourth-order valence-electron chi connectivity index (χ4n) is 1.21. The quantitative estimate of drug-likeness (QED) is 0.834. The smallest absolute Gasteiger partial charge is 0.232 e. The van der Waals surface area contributed by atoms with Gasteiger partial charge in [-0.3, -0.25) is 4.79 Å². The van der Waals surface area contributed by atoms with Gasteiger partial charge in [0, 0.05) is 25.4 Å². The Hall–Kier alpha value is -1.44. The van der Waals surface area contributed by atoms with Crippen molar-refractivity contribution < 1.29 is 9.90 Å². The molecule has 0 atom stereocenters. The first-order chi connectivity index (χ1) is 8.63. The zero-order valence-corrected chi connectivity index (χ0v) is 11.5. The summed E-state index contributed by atoms with van der Waals surface area (Å²) in [6.45, 7) is -0.121. The molecule has 18 heavy (non-hydrogen) atoms. The van der Waals surface area contributed by atoms with Crippen LogP contribution in [0.25, 0.3) is 0 Å². The first-order valence-corrected chi connectivity index (χ1v) is 6.75. The lowest BCUT2D eigenvalue weighted by Crippen LogP contribution is -2.23. The van der Waals surface area contributed by atoms with Gasteiger partial charge in [-0.15, -0.1) is 11.8 Å². The van der Waals surface area contributed by atoms with Gasteiger partial charge in [-0.2, -0.15) is 0 Å². The highest BCUT2D eigenvalue weighted by atomic mass is 32.2. The molecular weight excluding hydrogens is 246 g/mol. The highest BCUT2D eigenvalue weighted by Gasteiger charge is 2.03. The summed E-state index contributed by atoms with van der Waals surface area (Å²) in [5, 5.41) is 8.58. The molecule has 4 heteroatoms. The molecule has 0 unspecified atom stereocenters. The molecule has 1 aromatic rings. The van der Waals surface area contributed by atoms with Crippen LogP contribution in [-0.4, -0.2) is 42.4 Å². The normalized spacial score (nSPS) is 9.50. The highest BCUT2D eigenvalue weighted by molar-refractivity contribution is 7.99. The van der Waals surface area contributed by atoms with Crippen LogP contribution in [0.15, 0.2) is 24.3 Å². The third-order valence-corrected chi connectivity index (χ3v) is 3.25. The van der Waals surface area contributed by atoms with Crippen LogP contribution in [0, 0.1) is 11.8 Å². The zero-order valence-electron chi connectivity index (χ0n) is 10.6. The molecule has 0 aromatic heterocycles. The molecule has 3 nitrogen and oxygen atoms in total. The molecule has 0 fully saturated rings. The predicted octanol–water partition coefficient (Wildman–Crippen LogP) is 1.35. The number of aliphatic hydroxyl groups is 1. The second-order valence-electron chi connectivity index (χ2n) is 3.94. The minimum Gasteiger partial charge on any atom is -0.384 e. The van der Waals surface area contributed by atoms with Crippen molar-refractivity contribution in [3.05, 3.63) is 35.4 Å². The molecule has 0 aliphatic rings. The maximum atomic E-state index is 11.4. The van der Waals surface area contributed by atoms with E-state index in [4.69, 9.17) is 5.11 Å².